The van der Waals surface area contributed by atoms with Gasteiger partial charge >= 0.3 is 6.03 Å². The van der Waals surface area contributed by atoms with Crippen LogP contribution in [0.15, 0.2) is 23.8 Å². The van der Waals surface area contributed by atoms with Gasteiger partial charge in [0.1, 0.15) is 0 Å². The van der Waals surface area contributed by atoms with Gasteiger partial charge in [-0.25, -0.2) is 4.79 Å². The van der Waals surface area contributed by atoms with Crippen LogP contribution in [0.2, 0.25) is 0 Å². The molecule has 1 aliphatic heterocycles. The van der Waals surface area contributed by atoms with Crippen molar-refractivity contribution < 1.29 is 4.79 Å². The van der Waals surface area contributed by atoms with Gasteiger partial charge in [0.2, 0.25) is 0 Å². The minimum absolute atomic E-state index is 0.0464. The Morgan fingerprint density at radius 1 is 1.47 bits per heavy atom. The number of nitrogens with one attached hydrogen (secondary N) is 1. The van der Waals surface area contributed by atoms with Gasteiger partial charge in [-0.15, -0.1) is 0 Å². The van der Waals surface area contributed by atoms with Gasteiger partial charge in [-0.05, 0) is 41.3 Å². The summed E-state index contributed by atoms with van der Waals surface area (Å²) >= 11 is 0. The maximum Gasteiger partial charge on any atom is 0.317 e. The fraction of sp³-hybridized carbons (Fsp3) is 0.667. The molecule has 0 saturated carbocycles. The van der Waals surface area contributed by atoms with E-state index in [0.29, 0.717) is 6.04 Å². The van der Waals surface area contributed by atoms with Crippen LogP contribution in [0.25, 0.3) is 0 Å². The fourth-order valence-corrected chi connectivity index (χ4v) is 2.13. The first-order valence-electron chi connectivity index (χ1n) is 6.97. The number of hydrogen-bond donors (Lipinski definition) is 1. The molecule has 19 heavy (non-hydrogen) atoms. The summed E-state index contributed by atoms with van der Waals surface area (Å²) in [6.07, 6.45) is 7.08. The molecule has 2 unspecified atom stereocenters. The van der Waals surface area contributed by atoms with Crippen molar-refractivity contribution in [2.75, 3.05) is 27.2 Å². The Labute approximate surface area is 117 Å². The van der Waals surface area contributed by atoms with Crippen LogP contribution in [-0.2, 0) is 0 Å². The molecule has 108 valence electrons. The largest absolute Gasteiger partial charge is 0.332 e. The van der Waals surface area contributed by atoms with Crippen molar-refractivity contribution >= 4 is 6.03 Å². The number of likely N-dealkylation sites (N-methyl/N-ethyl adjacent to an activating group) is 1. The Morgan fingerprint density at radius 3 is 2.68 bits per heavy atom. The van der Waals surface area contributed by atoms with Crippen molar-refractivity contribution in [3.05, 3.63) is 23.8 Å². The van der Waals surface area contributed by atoms with Gasteiger partial charge < -0.3 is 15.1 Å². The number of nitrogens with zero attached hydrogens (tertiary/aromatic N) is 2. The van der Waals surface area contributed by atoms with E-state index in [1.165, 1.54) is 0 Å². The Balaban J connectivity index is 2.47. The van der Waals surface area contributed by atoms with Gasteiger partial charge in [0, 0.05) is 25.2 Å². The Hall–Kier alpha value is -1.29. The van der Waals surface area contributed by atoms with E-state index in [1.807, 2.05) is 43.9 Å². The molecule has 1 fully saturated rings. The number of likely N-dealkylation sites (tertiary alicyclic amines) is 1. The fourth-order valence-electron chi connectivity index (χ4n) is 2.13. The summed E-state index contributed by atoms with van der Waals surface area (Å²) in [5.74, 6) is 0. The van der Waals surface area contributed by atoms with Crippen LogP contribution in [0.4, 0.5) is 4.79 Å². The van der Waals surface area contributed by atoms with E-state index in [1.54, 1.807) is 0 Å². The second-order valence-electron chi connectivity index (χ2n) is 5.46. The molecule has 1 N–H and O–H groups in total. The number of hydrogen-bond acceptors (Lipinski definition) is 2. The minimum Gasteiger partial charge on any atom is -0.332 e. The van der Waals surface area contributed by atoms with E-state index in [4.69, 9.17) is 0 Å². The molecule has 0 bridgehead atoms. The molecule has 1 aliphatic rings. The highest BCUT2D eigenvalue weighted by atomic mass is 16.2. The van der Waals surface area contributed by atoms with Crippen LogP contribution in [0.5, 0.6) is 0 Å². The van der Waals surface area contributed by atoms with E-state index in [0.717, 1.165) is 25.1 Å². The minimum atomic E-state index is 0.0464. The zero-order valence-corrected chi connectivity index (χ0v) is 12.8. The summed E-state index contributed by atoms with van der Waals surface area (Å²) < 4.78 is 0. The number of urea groups is 1. The first kappa shape index (κ1) is 15.8. The maximum absolute atomic E-state index is 12.2. The molecule has 4 nitrogen and oxygen atoms in total. The number of amides is 2. The van der Waals surface area contributed by atoms with Crippen LogP contribution < -0.4 is 5.32 Å². The SMILES string of the molecule is CC=CC=C(C)C(C)NC(=O)N1CCC(N(C)C)C1. The summed E-state index contributed by atoms with van der Waals surface area (Å²) in [5, 5.41) is 3.06. The molecule has 1 rings (SSSR count). The number of carbonyl (C=O) groups is 1. The molecule has 1 heterocycles. The smallest absolute Gasteiger partial charge is 0.317 e. The third kappa shape index (κ3) is 4.71. The van der Waals surface area contributed by atoms with Crippen molar-refractivity contribution in [2.24, 2.45) is 0 Å². The molecular formula is C15H27N3O. The predicted octanol–water partition coefficient (Wildman–Crippen LogP) is 2.24. The van der Waals surface area contributed by atoms with Gasteiger partial charge in [-0.3, -0.25) is 0 Å². The van der Waals surface area contributed by atoms with Crippen molar-refractivity contribution in [2.45, 2.75) is 39.3 Å². The van der Waals surface area contributed by atoms with Crippen LogP contribution in [0, 0.1) is 0 Å². The summed E-state index contributed by atoms with van der Waals surface area (Å²) in [6.45, 7) is 7.71. The molecule has 0 radical (unpaired) electrons. The molecule has 0 aromatic carbocycles. The number of rotatable bonds is 4. The van der Waals surface area contributed by atoms with Crippen LogP contribution in [-0.4, -0.2) is 55.1 Å². The summed E-state index contributed by atoms with van der Waals surface area (Å²) in [6, 6.07) is 0.605. The first-order chi connectivity index (χ1) is 8.95. The zero-order chi connectivity index (χ0) is 14.4. The quantitative estimate of drug-likeness (QED) is 0.791. The number of carbonyl (C=O) groups excluding carboxylic acids is 1. The summed E-state index contributed by atoms with van der Waals surface area (Å²) in [4.78, 5) is 16.2. The highest BCUT2D eigenvalue weighted by Crippen LogP contribution is 2.13. The van der Waals surface area contributed by atoms with E-state index in [2.05, 4.69) is 24.3 Å². The van der Waals surface area contributed by atoms with Gasteiger partial charge in [0.25, 0.3) is 0 Å². The van der Waals surface area contributed by atoms with Crippen molar-refractivity contribution in [3.63, 3.8) is 0 Å². The summed E-state index contributed by atoms with van der Waals surface area (Å²) in [5.41, 5.74) is 1.16. The lowest BCUT2D eigenvalue weighted by Gasteiger charge is -2.23. The second-order valence-corrected chi connectivity index (χ2v) is 5.46. The van der Waals surface area contributed by atoms with Crippen molar-refractivity contribution in [1.29, 1.82) is 0 Å². The van der Waals surface area contributed by atoms with Crippen molar-refractivity contribution in [1.82, 2.24) is 15.1 Å². The average molecular weight is 265 g/mol. The van der Waals surface area contributed by atoms with Gasteiger partial charge in [-0.2, -0.15) is 0 Å². The van der Waals surface area contributed by atoms with Crippen LogP contribution in [0.1, 0.15) is 27.2 Å². The predicted molar refractivity (Wildman–Crippen MR) is 80.2 cm³/mol. The molecule has 4 heteroatoms. The Kier molecular flexibility index (Phi) is 6.09. The monoisotopic (exact) mass is 265 g/mol. The molecule has 0 aliphatic carbocycles. The van der Waals surface area contributed by atoms with Crippen LogP contribution in [0.3, 0.4) is 0 Å². The molecule has 0 aromatic heterocycles. The van der Waals surface area contributed by atoms with Gasteiger partial charge in [0.05, 0.1) is 0 Å². The Morgan fingerprint density at radius 2 is 2.16 bits per heavy atom. The highest BCUT2D eigenvalue weighted by Gasteiger charge is 2.27. The molecule has 1 saturated heterocycles. The lowest BCUT2D eigenvalue weighted by molar-refractivity contribution is 0.201. The topological polar surface area (TPSA) is 35.6 Å². The normalized spacial score (nSPS) is 22.3. The van der Waals surface area contributed by atoms with Gasteiger partial charge in [-0.1, -0.05) is 23.8 Å². The number of allylic oxidation sites excluding steroid dienone is 3. The van der Waals surface area contributed by atoms with E-state index in [-0.39, 0.29) is 12.1 Å². The molecule has 2 atom stereocenters. The lowest BCUT2D eigenvalue weighted by Crippen LogP contribution is -2.44. The third-order valence-corrected chi connectivity index (χ3v) is 3.76. The van der Waals surface area contributed by atoms with E-state index < -0.39 is 0 Å². The Bertz CT molecular complexity index is 360. The molecule has 0 aromatic rings. The first-order valence-corrected chi connectivity index (χ1v) is 6.97. The third-order valence-electron chi connectivity index (χ3n) is 3.76. The van der Waals surface area contributed by atoms with Crippen molar-refractivity contribution in [3.8, 4) is 0 Å². The molecule has 2 amide bonds. The maximum atomic E-state index is 12.2. The van der Waals surface area contributed by atoms with E-state index in [9.17, 15) is 4.79 Å². The summed E-state index contributed by atoms with van der Waals surface area (Å²) in [7, 11) is 4.14. The van der Waals surface area contributed by atoms with Gasteiger partial charge in [0.15, 0.2) is 0 Å². The van der Waals surface area contributed by atoms with E-state index >= 15 is 0 Å². The molecular weight excluding hydrogens is 238 g/mol. The lowest BCUT2D eigenvalue weighted by atomic mass is 10.1. The van der Waals surface area contributed by atoms with Crippen LogP contribution >= 0.6 is 0 Å². The molecule has 0 spiro atoms. The standard InChI is InChI=1S/C15H27N3O/c1-6-7-8-12(2)13(3)16-15(19)18-10-9-14(11-18)17(4)5/h6-8,13-14H,9-11H2,1-5H3,(H,16,19). The second kappa shape index (κ2) is 7.34. The average Bonchev–Trinajstić information content (AvgIpc) is 2.85. The zero-order valence-electron chi connectivity index (χ0n) is 12.8. The highest BCUT2D eigenvalue weighted by molar-refractivity contribution is 5.75.